The van der Waals surface area contributed by atoms with E-state index in [-0.39, 0.29) is 24.5 Å². The molecule has 0 bridgehead atoms. The quantitative estimate of drug-likeness (QED) is 0.539. The first kappa shape index (κ1) is 23.0. The van der Waals surface area contributed by atoms with Crippen molar-refractivity contribution < 1.29 is 18.7 Å². The molecule has 1 unspecified atom stereocenters. The molecule has 1 saturated heterocycles. The van der Waals surface area contributed by atoms with E-state index in [0.717, 1.165) is 36.0 Å². The van der Waals surface area contributed by atoms with Gasteiger partial charge in [0.2, 0.25) is 5.91 Å². The average molecular weight is 489 g/mol. The fraction of sp³-hybridized carbons (Fsp3) is 0.333. The number of hydrogen-bond donors (Lipinski definition) is 1. The zero-order valence-corrected chi connectivity index (χ0v) is 19.0. The van der Waals surface area contributed by atoms with Crippen LogP contribution in [0.4, 0.5) is 4.39 Å². The van der Waals surface area contributed by atoms with Gasteiger partial charge in [-0.1, -0.05) is 41.1 Å². The van der Waals surface area contributed by atoms with E-state index in [2.05, 4.69) is 21.2 Å². The molecule has 0 saturated carbocycles. The molecule has 2 aromatic carbocycles. The molecular weight excluding hydrogens is 463 g/mol. The Hall–Kier alpha value is -2.67. The maximum absolute atomic E-state index is 13.9. The van der Waals surface area contributed by atoms with Crippen molar-refractivity contribution in [3.8, 4) is 5.75 Å². The number of hydrogen-bond acceptors (Lipinski definition) is 3. The largest absolute Gasteiger partial charge is 0.483 e. The van der Waals surface area contributed by atoms with Gasteiger partial charge in [0.15, 0.2) is 6.61 Å². The highest BCUT2D eigenvalue weighted by atomic mass is 79.9. The van der Waals surface area contributed by atoms with Gasteiger partial charge in [-0.3, -0.25) is 9.59 Å². The van der Waals surface area contributed by atoms with Crippen LogP contribution in [0.2, 0.25) is 0 Å². The summed E-state index contributed by atoms with van der Waals surface area (Å²) in [6.07, 6.45) is 5.45. The summed E-state index contributed by atoms with van der Waals surface area (Å²) in [6.45, 7) is 3.49. The standard InChI is InChI=1S/C24H26BrFN2O3/c1-2-21(27-23(29)12-9-17-15-18(25)10-11-20(17)26)19-7-3-4-8-22(19)31-16-24(30)28-13-5-6-14-28/h3-4,7-12,15,21H,2,5-6,13-14,16H2,1H3,(H,27,29)/b12-9+. The number of nitrogens with zero attached hydrogens (tertiary/aromatic N) is 1. The van der Waals surface area contributed by atoms with Crippen molar-refractivity contribution in [2.24, 2.45) is 0 Å². The van der Waals surface area contributed by atoms with E-state index in [1.807, 2.05) is 30.0 Å². The second-order valence-electron chi connectivity index (χ2n) is 7.38. The van der Waals surface area contributed by atoms with Gasteiger partial charge >= 0.3 is 0 Å². The van der Waals surface area contributed by atoms with E-state index in [1.54, 1.807) is 18.2 Å². The van der Waals surface area contributed by atoms with Gasteiger partial charge in [0.1, 0.15) is 11.6 Å². The molecule has 0 aromatic heterocycles. The number of nitrogens with one attached hydrogen (secondary N) is 1. The van der Waals surface area contributed by atoms with E-state index in [4.69, 9.17) is 4.74 Å². The fourth-order valence-electron chi connectivity index (χ4n) is 3.52. The summed E-state index contributed by atoms with van der Waals surface area (Å²) in [7, 11) is 0. The molecule has 7 heteroatoms. The van der Waals surface area contributed by atoms with Gasteiger partial charge in [0.05, 0.1) is 6.04 Å². The third kappa shape index (κ3) is 6.40. The molecule has 31 heavy (non-hydrogen) atoms. The first-order valence-electron chi connectivity index (χ1n) is 10.4. The maximum atomic E-state index is 13.9. The van der Waals surface area contributed by atoms with Crippen LogP contribution in [0.5, 0.6) is 5.75 Å². The van der Waals surface area contributed by atoms with E-state index in [0.29, 0.717) is 17.7 Å². The van der Waals surface area contributed by atoms with Crippen molar-refractivity contribution in [1.29, 1.82) is 0 Å². The zero-order valence-electron chi connectivity index (χ0n) is 17.4. The van der Waals surface area contributed by atoms with Gasteiger partial charge in [-0.05, 0) is 49.6 Å². The van der Waals surface area contributed by atoms with Crippen LogP contribution in [-0.4, -0.2) is 36.4 Å². The highest BCUT2D eigenvalue weighted by molar-refractivity contribution is 9.10. The molecule has 0 spiro atoms. The van der Waals surface area contributed by atoms with Crippen LogP contribution >= 0.6 is 15.9 Å². The van der Waals surface area contributed by atoms with Gasteiger partial charge < -0.3 is 15.0 Å². The van der Waals surface area contributed by atoms with E-state index < -0.39 is 5.82 Å². The lowest BCUT2D eigenvalue weighted by molar-refractivity contribution is -0.132. The molecule has 2 aromatic rings. The molecule has 5 nitrogen and oxygen atoms in total. The second-order valence-corrected chi connectivity index (χ2v) is 8.30. The second kappa shape index (κ2) is 11.1. The first-order valence-corrected chi connectivity index (χ1v) is 11.2. The number of carbonyl (C=O) groups excluding carboxylic acids is 2. The lowest BCUT2D eigenvalue weighted by Gasteiger charge is -2.21. The Morgan fingerprint density at radius 2 is 1.97 bits per heavy atom. The highest BCUT2D eigenvalue weighted by Crippen LogP contribution is 2.27. The van der Waals surface area contributed by atoms with Crippen molar-refractivity contribution in [1.82, 2.24) is 10.2 Å². The summed E-state index contributed by atoms with van der Waals surface area (Å²) in [6, 6.07) is 11.6. The SMILES string of the molecule is CCC(NC(=O)/C=C/c1cc(Br)ccc1F)c1ccccc1OCC(=O)N1CCCC1. The number of halogens is 2. The van der Waals surface area contributed by atoms with Crippen LogP contribution in [0.1, 0.15) is 43.4 Å². The molecule has 1 N–H and O–H groups in total. The van der Waals surface area contributed by atoms with Crippen LogP contribution in [0.15, 0.2) is 53.0 Å². The highest BCUT2D eigenvalue weighted by Gasteiger charge is 2.20. The summed E-state index contributed by atoms with van der Waals surface area (Å²) in [5.74, 6) is -0.192. The lowest BCUT2D eigenvalue weighted by Crippen LogP contribution is -2.32. The van der Waals surface area contributed by atoms with Gasteiger partial charge in [-0.15, -0.1) is 0 Å². The lowest BCUT2D eigenvalue weighted by atomic mass is 10.0. The van der Waals surface area contributed by atoms with Gasteiger partial charge in [0.25, 0.3) is 5.91 Å². The van der Waals surface area contributed by atoms with E-state index in [9.17, 15) is 14.0 Å². The number of para-hydroxylation sites is 1. The smallest absolute Gasteiger partial charge is 0.260 e. The molecule has 0 radical (unpaired) electrons. The van der Waals surface area contributed by atoms with Crippen LogP contribution in [0.25, 0.3) is 6.08 Å². The molecule has 3 rings (SSSR count). The number of rotatable bonds is 8. The predicted octanol–water partition coefficient (Wildman–Crippen LogP) is 4.87. The minimum atomic E-state index is -0.402. The topological polar surface area (TPSA) is 58.6 Å². The normalized spacial score (nSPS) is 14.6. The number of likely N-dealkylation sites (tertiary alicyclic amines) is 1. The Bertz CT molecular complexity index is 958. The summed E-state index contributed by atoms with van der Waals surface area (Å²) < 4.78 is 20.4. The van der Waals surface area contributed by atoms with Crippen molar-refractivity contribution in [3.05, 3.63) is 70.0 Å². The molecule has 1 fully saturated rings. The molecule has 1 heterocycles. The molecular formula is C24H26BrFN2O3. The molecule has 0 aliphatic carbocycles. The number of carbonyl (C=O) groups is 2. The molecule has 1 atom stereocenters. The number of amides is 2. The number of ether oxygens (including phenoxy) is 1. The minimum absolute atomic E-state index is 0.0243. The summed E-state index contributed by atoms with van der Waals surface area (Å²) in [4.78, 5) is 26.6. The molecule has 1 aliphatic rings. The van der Waals surface area contributed by atoms with Crippen molar-refractivity contribution >= 4 is 33.8 Å². The van der Waals surface area contributed by atoms with E-state index in [1.165, 1.54) is 18.2 Å². The molecule has 1 aliphatic heterocycles. The Kier molecular flexibility index (Phi) is 8.23. The fourth-order valence-corrected chi connectivity index (χ4v) is 3.90. The minimum Gasteiger partial charge on any atom is -0.483 e. The van der Waals surface area contributed by atoms with Crippen molar-refractivity contribution in [2.75, 3.05) is 19.7 Å². The van der Waals surface area contributed by atoms with Gasteiger partial charge in [0, 0.05) is 34.8 Å². The summed E-state index contributed by atoms with van der Waals surface area (Å²) in [5, 5.41) is 2.94. The Balaban J connectivity index is 1.66. The van der Waals surface area contributed by atoms with Crippen LogP contribution < -0.4 is 10.1 Å². The number of benzene rings is 2. The average Bonchev–Trinajstić information content (AvgIpc) is 3.32. The first-order chi connectivity index (χ1) is 15.0. The van der Waals surface area contributed by atoms with Crippen LogP contribution in [0, 0.1) is 5.82 Å². The van der Waals surface area contributed by atoms with Crippen molar-refractivity contribution in [2.45, 2.75) is 32.2 Å². The molecule has 164 valence electrons. The maximum Gasteiger partial charge on any atom is 0.260 e. The molecule has 2 amide bonds. The Morgan fingerprint density at radius 3 is 2.71 bits per heavy atom. The van der Waals surface area contributed by atoms with Gasteiger partial charge in [-0.25, -0.2) is 4.39 Å². The Labute approximate surface area is 190 Å². The van der Waals surface area contributed by atoms with Crippen LogP contribution in [-0.2, 0) is 9.59 Å². The summed E-state index contributed by atoms with van der Waals surface area (Å²) >= 11 is 3.30. The van der Waals surface area contributed by atoms with Crippen LogP contribution in [0.3, 0.4) is 0 Å². The third-order valence-electron chi connectivity index (χ3n) is 5.20. The monoisotopic (exact) mass is 488 g/mol. The predicted molar refractivity (Wildman–Crippen MR) is 122 cm³/mol. The third-order valence-corrected chi connectivity index (χ3v) is 5.69. The van der Waals surface area contributed by atoms with Crippen molar-refractivity contribution in [3.63, 3.8) is 0 Å². The van der Waals surface area contributed by atoms with Gasteiger partial charge in [-0.2, -0.15) is 0 Å². The van der Waals surface area contributed by atoms with E-state index >= 15 is 0 Å². The summed E-state index contributed by atoms with van der Waals surface area (Å²) in [5.41, 5.74) is 1.12. The Morgan fingerprint density at radius 1 is 1.23 bits per heavy atom. The zero-order chi connectivity index (χ0) is 22.2.